The lowest BCUT2D eigenvalue weighted by Gasteiger charge is -2.13. The molecule has 0 atom stereocenters. The van der Waals surface area contributed by atoms with Crippen LogP contribution in [0.1, 0.15) is 6.93 Å². The Balaban J connectivity index is 2.38. The molecular formula is C14H11Cl2NO2. The van der Waals surface area contributed by atoms with Crippen LogP contribution in [0.4, 0.5) is 11.4 Å². The van der Waals surface area contributed by atoms with Gasteiger partial charge >= 0.3 is 5.97 Å². The fourth-order valence-electron chi connectivity index (χ4n) is 1.66. The molecule has 2 N–H and O–H groups in total. The molecule has 0 unspecified atom stereocenters. The van der Waals surface area contributed by atoms with Gasteiger partial charge in [0.1, 0.15) is 0 Å². The number of carboxylic acid groups (broad SMARTS) is 1. The topological polar surface area (TPSA) is 49.3 Å². The van der Waals surface area contributed by atoms with Gasteiger partial charge in [0.25, 0.3) is 0 Å². The molecule has 19 heavy (non-hydrogen) atoms. The SMILES string of the molecule is [3H]c1cc(Cl)c(Nc2ccccc2CC(=O)O)c(Cl)c1. The van der Waals surface area contributed by atoms with Crippen molar-refractivity contribution in [1.82, 2.24) is 0 Å². The van der Waals surface area contributed by atoms with Gasteiger partial charge in [-0.15, -0.1) is 0 Å². The van der Waals surface area contributed by atoms with E-state index in [1.165, 1.54) is 12.1 Å². The monoisotopic (exact) mass is 297 g/mol. The minimum Gasteiger partial charge on any atom is -0.481 e. The number of halogens is 2. The van der Waals surface area contributed by atoms with Crippen molar-refractivity contribution in [2.45, 2.75) is 6.42 Å². The highest BCUT2D eigenvalue weighted by molar-refractivity contribution is 6.39. The highest BCUT2D eigenvalue weighted by atomic mass is 35.5. The van der Waals surface area contributed by atoms with E-state index in [-0.39, 0.29) is 12.5 Å². The summed E-state index contributed by atoms with van der Waals surface area (Å²) < 4.78 is 7.51. The number of aliphatic carboxylic acids is 1. The Kier molecular flexibility index (Phi) is 3.86. The number of anilines is 2. The molecule has 2 aromatic rings. The van der Waals surface area contributed by atoms with Gasteiger partial charge in [0.05, 0.1) is 23.5 Å². The number of hydrogen-bond acceptors (Lipinski definition) is 2. The Morgan fingerprint density at radius 2 is 1.84 bits per heavy atom. The van der Waals surface area contributed by atoms with E-state index in [0.29, 0.717) is 27.0 Å². The van der Waals surface area contributed by atoms with E-state index in [1.807, 2.05) is 0 Å². The van der Waals surface area contributed by atoms with E-state index < -0.39 is 5.97 Å². The van der Waals surface area contributed by atoms with Crippen molar-refractivity contribution in [1.29, 1.82) is 0 Å². The fraction of sp³-hybridized carbons (Fsp3) is 0.0714. The van der Waals surface area contributed by atoms with E-state index in [1.54, 1.807) is 24.3 Å². The van der Waals surface area contributed by atoms with Crippen molar-refractivity contribution in [2.75, 3.05) is 5.32 Å². The Morgan fingerprint density at radius 3 is 2.47 bits per heavy atom. The lowest BCUT2D eigenvalue weighted by atomic mass is 10.1. The number of carbonyl (C=O) groups is 1. The largest absolute Gasteiger partial charge is 0.481 e. The zero-order chi connectivity index (χ0) is 14.7. The maximum Gasteiger partial charge on any atom is 0.307 e. The molecule has 2 aromatic carbocycles. The summed E-state index contributed by atoms with van der Waals surface area (Å²) in [6.45, 7) is 0. The van der Waals surface area contributed by atoms with Gasteiger partial charge in [-0.2, -0.15) is 0 Å². The van der Waals surface area contributed by atoms with Crippen molar-refractivity contribution in [2.24, 2.45) is 0 Å². The second-order valence-electron chi connectivity index (χ2n) is 3.88. The first-order chi connectivity index (χ1) is 9.47. The van der Waals surface area contributed by atoms with Crippen molar-refractivity contribution >= 4 is 40.5 Å². The third-order valence-electron chi connectivity index (χ3n) is 2.52. The minimum absolute atomic E-state index is 0.102. The molecule has 0 bridgehead atoms. The molecule has 0 spiro atoms. The summed E-state index contributed by atoms with van der Waals surface area (Å²) >= 11 is 12.1. The van der Waals surface area contributed by atoms with Gasteiger partial charge < -0.3 is 10.4 Å². The van der Waals surface area contributed by atoms with Gasteiger partial charge in [0, 0.05) is 5.69 Å². The van der Waals surface area contributed by atoms with Crippen LogP contribution < -0.4 is 5.32 Å². The first kappa shape index (κ1) is 12.3. The van der Waals surface area contributed by atoms with Crippen LogP contribution in [0.25, 0.3) is 0 Å². The molecule has 0 aliphatic heterocycles. The molecule has 0 aromatic heterocycles. The predicted molar refractivity (Wildman–Crippen MR) is 77.5 cm³/mol. The molecule has 0 saturated carbocycles. The second-order valence-corrected chi connectivity index (χ2v) is 4.69. The summed E-state index contributed by atoms with van der Waals surface area (Å²) in [5.74, 6) is -0.919. The van der Waals surface area contributed by atoms with Crippen LogP contribution in [0.15, 0.2) is 42.4 Å². The van der Waals surface area contributed by atoms with E-state index in [2.05, 4.69) is 5.32 Å². The third kappa shape index (κ3) is 3.40. The maximum atomic E-state index is 10.8. The standard InChI is InChI=1S/C14H11Cl2NO2/c15-10-5-3-6-11(16)14(10)17-12-7-2-1-4-9(12)8-13(18)19/h1-7,17H,8H2,(H,18,19)/i3T. The van der Waals surface area contributed by atoms with E-state index >= 15 is 0 Å². The molecule has 0 saturated heterocycles. The number of carboxylic acids is 1. The van der Waals surface area contributed by atoms with Crippen LogP contribution in [0.3, 0.4) is 0 Å². The van der Waals surface area contributed by atoms with Crippen LogP contribution in [-0.2, 0) is 11.2 Å². The molecule has 2 rings (SSSR count). The Bertz CT molecular complexity index is 638. The van der Waals surface area contributed by atoms with Crippen LogP contribution in [0.5, 0.6) is 0 Å². The second kappa shape index (κ2) is 5.95. The van der Waals surface area contributed by atoms with Crippen LogP contribution >= 0.6 is 23.2 Å². The van der Waals surface area contributed by atoms with Crippen molar-refractivity contribution in [3.8, 4) is 0 Å². The molecule has 98 valence electrons. The quantitative estimate of drug-likeness (QED) is 0.881. The minimum atomic E-state index is -0.919. The lowest BCUT2D eigenvalue weighted by molar-refractivity contribution is -0.136. The number of hydrogen-bond donors (Lipinski definition) is 2. The molecule has 0 fully saturated rings. The van der Waals surface area contributed by atoms with Gasteiger partial charge in [0.15, 0.2) is 0 Å². The molecule has 0 amide bonds. The average Bonchev–Trinajstić information content (AvgIpc) is 2.34. The summed E-state index contributed by atoms with van der Waals surface area (Å²) in [5, 5.41) is 12.6. The smallest absolute Gasteiger partial charge is 0.307 e. The van der Waals surface area contributed by atoms with Crippen molar-refractivity contribution < 1.29 is 11.3 Å². The van der Waals surface area contributed by atoms with Crippen molar-refractivity contribution in [3.05, 3.63) is 58.0 Å². The molecular weight excluding hydrogens is 285 g/mol. The molecule has 0 radical (unpaired) electrons. The number of para-hydroxylation sites is 2. The first-order valence-electron chi connectivity index (χ1n) is 5.99. The highest BCUT2D eigenvalue weighted by Gasteiger charge is 2.10. The number of nitrogens with one attached hydrogen (secondary N) is 1. The molecule has 5 heteroatoms. The Morgan fingerprint density at radius 1 is 1.21 bits per heavy atom. The van der Waals surface area contributed by atoms with E-state index in [0.717, 1.165) is 0 Å². The van der Waals surface area contributed by atoms with Gasteiger partial charge in [-0.3, -0.25) is 4.79 Å². The summed E-state index contributed by atoms with van der Waals surface area (Å²) in [6.07, 6.45) is -0.102. The average molecular weight is 298 g/mol. The van der Waals surface area contributed by atoms with Crippen LogP contribution in [0, 0.1) is 0 Å². The van der Waals surface area contributed by atoms with Crippen LogP contribution in [-0.4, -0.2) is 11.1 Å². The van der Waals surface area contributed by atoms with E-state index in [4.69, 9.17) is 29.7 Å². The molecule has 3 nitrogen and oxygen atoms in total. The van der Waals surface area contributed by atoms with E-state index in [9.17, 15) is 4.79 Å². The summed E-state index contributed by atoms with van der Waals surface area (Å²) in [6, 6.07) is 10.2. The first-order valence-corrected chi connectivity index (χ1v) is 6.25. The van der Waals surface area contributed by atoms with Gasteiger partial charge in [-0.05, 0) is 23.8 Å². The van der Waals surface area contributed by atoms with Crippen molar-refractivity contribution in [3.63, 3.8) is 0 Å². The Hall–Kier alpha value is -1.71. The van der Waals surface area contributed by atoms with Crippen LogP contribution in [0.2, 0.25) is 10.0 Å². The lowest BCUT2D eigenvalue weighted by Crippen LogP contribution is -2.04. The fourth-order valence-corrected chi connectivity index (χ4v) is 2.13. The summed E-state index contributed by atoms with van der Waals surface area (Å²) in [7, 11) is 0. The summed E-state index contributed by atoms with van der Waals surface area (Å²) in [4.78, 5) is 10.8. The summed E-state index contributed by atoms with van der Waals surface area (Å²) in [5.41, 5.74) is 1.71. The zero-order valence-corrected chi connectivity index (χ0v) is 11.3. The normalized spacial score (nSPS) is 10.9. The molecule has 0 heterocycles. The van der Waals surface area contributed by atoms with Gasteiger partial charge in [0.2, 0.25) is 0 Å². The number of benzene rings is 2. The van der Waals surface area contributed by atoms with Gasteiger partial charge in [-0.25, -0.2) is 0 Å². The maximum absolute atomic E-state index is 10.8. The molecule has 0 aliphatic carbocycles. The number of rotatable bonds is 4. The molecule has 0 aliphatic rings. The Labute approximate surface area is 122 Å². The predicted octanol–water partition coefficient (Wildman–Crippen LogP) is 4.36. The zero-order valence-electron chi connectivity index (χ0n) is 10.8. The highest BCUT2D eigenvalue weighted by Crippen LogP contribution is 2.33. The third-order valence-corrected chi connectivity index (χ3v) is 3.11. The van der Waals surface area contributed by atoms with Gasteiger partial charge in [-0.1, -0.05) is 47.4 Å².